The molecule has 6 nitrogen and oxygen atoms in total. The van der Waals surface area contributed by atoms with Crippen LogP contribution in [-0.2, 0) is 9.53 Å². The van der Waals surface area contributed by atoms with Crippen molar-refractivity contribution >= 4 is 23.2 Å². The zero-order valence-electron chi connectivity index (χ0n) is 13.3. The molecule has 0 radical (unpaired) electrons. The van der Waals surface area contributed by atoms with Crippen molar-refractivity contribution in [3.05, 3.63) is 41.5 Å². The Hall–Kier alpha value is -2.47. The predicted molar refractivity (Wildman–Crippen MR) is 88.8 cm³/mol. The van der Waals surface area contributed by atoms with E-state index in [-0.39, 0.29) is 12.0 Å². The summed E-state index contributed by atoms with van der Waals surface area (Å²) in [7, 11) is 0. The lowest BCUT2D eigenvalue weighted by Gasteiger charge is -2.11. The average Bonchev–Trinajstić information content (AvgIpc) is 3.08. The number of anilines is 3. The molecule has 1 saturated heterocycles. The third kappa shape index (κ3) is 3.65. The largest absolute Gasteiger partial charge is 0.368 e. The number of aromatic nitrogens is 2. The molecule has 3 rings (SSSR count). The van der Waals surface area contributed by atoms with Gasteiger partial charge in [0.15, 0.2) is 11.6 Å². The van der Waals surface area contributed by atoms with Gasteiger partial charge in [0, 0.05) is 12.3 Å². The van der Waals surface area contributed by atoms with Crippen LogP contribution in [0.1, 0.15) is 24.0 Å². The Morgan fingerprint density at radius 3 is 2.65 bits per heavy atom. The van der Waals surface area contributed by atoms with Crippen molar-refractivity contribution in [2.45, 2.75) is 32.8 Å². The third-order valence-corrected chi connectivity index (χ3v) is 4.01. The van der Waals surface area contributed by atoms with Crippen LogP contribution >= 0.6 is 0 Å². The number of benzene rings is 1. The summed E-state index contributed by atoms with van der Waals surface area (Å²) in [4.78, 5) is 12.0. The van der Waals surface area contributed by atoms with Gasteiger partial charge in [0.05, 0.1) is 0 Å². The van der Waals surface area contributed by atoms with Crippen molar-refractivity contribution in [2.24, 2.45) is 0 Å². The van der Waals surface area contributed by atoms with E-state index < -0.39 is 0 Å². The van der Waals surface area contributed by atoms with Crippen LogP contribution in [0.5, 0.6) is 0 Å². The maximum absolute atomic E-state index is 12.0. The topological polar surface area (TPSA) is 76.1 Å². The standard InChI is InChI=1S/C17H20N4O2/c1-11-5-3-6-13(12(11)2)18-15-8-9-16(21-20-15)19-17(22)14-7-4-10-23-14/h3,5-6,8-9,14H,4,7,10H2,1-2H3,(H,18,20)(H,19,21,22). The summed E-state index contributed by atoms with van der Waals surface area (Å²) in [5, 5.41) is 14.1. The van der Waals surface area contributed by atoms with E-state index in [1.54, 1.807) is 12.1 Å². The summed E-state index contributed by atoms with van der Waals surface area (Å²) in [5.74, 6) is 0.901. The Kier molecular flexibility index (Phi) is 4.52. The molecule has 1 fully saturated rings. The lowest BCUT2D eigenvalue weighted by molar-refractivity contribution is -0.124. The molecule has 2 aromatic rings. The zero-order valence-corrected chi connectivity index (χ0v) is 13.3. The second-order valence-electron chi connectivity index (χ2n) is 5.67. The first kappa shape index (κ1) is 15.4. The van der Waals surface area contributed by atoms with E-state index in [0.717, 1.165) is 18.5 Å². The van der Waals surface area contributed by atoms with Gasteiger partial charge in [-0.15, -0.1) is 10.2 Å². The Bertz CT molecular complexity index is 694. The molecule has 1 unspecified atom stereocenters. The number of hydrogen-bond acceptors (Lipinski definition) is 5. The van der Waals surface area contributed by atoms with E-state index >= 15 is 0 Å². The zero-order chi connectivity index (χ0) is 16.2. The fourth-order valence-electron chi connectivity index (χ4n) is 2.48. The highest BCUT2D eigenvalue weighted by molar-refractivity contribution is 5.93. The lowest BCUT2D eigenvalue weighted by Crippen LogP contribution is -2.27. The van der Waals surface area contributed by atoms with Gasteiger partial charge in [0.25, 0.3) is 5.91 Å². The fraction of sp³-hybridized carbons (Fsp3) is 0.353. The minimum absolute atomic E-state index is 0.160. The summed E-state index contributed by atoms with van der Waals surface area (Å²) in [6.07, 6.45) is 1.30. The van der Waals surface area contributed by atoms with Crippen LogP contribution in [0.2, 0.25) is 0 Å². The van der Waals surface area contributed by atoms with Crippen LogP contribution in [0.15, 0.2) is 30.3 Å². The van der Waals surface area contributed by atoms with Gasteiger partial charge in [0.2, 0.25) is 0 Å². The molecular weight excluding hydrogens is 292 g/mol. The van der Waals surface area contributed by atoms with Crippen LogP contribution in [0.4, 0.5) is 17.3 Å². The maximum Gasteiger partial charge on any atom is 0.254 e. The van der Waals surface area contributed by atoms with E-state index in [1.165, 1.54) is 11.1 Å². The number of aryl methyl sites for hydroxylation is 1. The van der Waals surface area contributed by atoms with Crippen LogP contribution < -0.4 is 10.6 Å². The molecule has 1 aromatic heterocycles. The normalized spacial score (nSPS) is 17.0. The van der Waals surface area contributed by atoms with Crippen molar-refractivity contribution in [2.75, 3.05) is 17.2 Å². The highest BCUT2D eigenvalue weighted by atomic mass is 16.5. The SMILES string of the molecule is Cc1cccc(Nc2ccc(NC(=O)C3CCCO3)nn2)c1C. The number of hydrogen-bond donors (Lipinski definition) is 2. The number of amides is 1. The number of carbonyl (C=O) groups is 1. The van der Waals surface area contributed by atoms with Crippen LogP contribution in [-0.4, -0.2) is 28.8 Å². The molecule has 0 bridgehead atoms. The Morgan fingerprint density at radius 1 is 1.17 bits per heavy atom. The van der Waals surface area contributed by atoms with Gasteiger partial charge in [0.1, 0.15) is 6.10 Å². The average molecular weight is 312 g/mol. The van der Waals surface area contributed by atoms with Crippen molar-refractivity contribution in [3.63, 3.8) is 0 Å². The minimum Gasteiger partial charge on any atom is -0.368 e. The Balaban J connectivity index is 1.65. The summed E-state index contributed by atoms with van der Waals surface area (Å²) in [5.41, 5.74) is 3.38. The van der Waals surface area contributed by atoms with E-state index in [4.69, 9.17) is 4.74 Å². The van der Waals surface area contributed by atoms with Crippen molar-refractivity contribution in [1.29, 1.82) is 0 Å². The first-order valence-corrected chi connectivity index (χ1v) is 7.73. The molecule has 1 atom stereocenters. The second-order valence-corrected chi connectivity index (χ2v) is 5.67. The highest BCUT2D eigenvalue weighted by Gasteiger charge is 2.23. The van der Waals surface area contributed by atoms with Gasteiger partial charge in [-0.2, -0.15) is 0 Å². The van der Waals surface area contributed by atoms with Crippen LogP contribution in [0, 0.1) is 13.8 Å². The van der Waals surface area contributed by atoms with E-state index in [2.05, 4.69) is 40.7 Å². The molecule has 1 amide bonds. The maximum atomic E-state index is 12.0. The van der Waals surface area contributed by atoms with Gasteiger partial charge in [-0.1, -0.05) is 12.1 Å². The van der Waals surface area contributed by atoms with Gasteiger partial charge >= 0.3 is 0 Å². The molecule has 0 saturated carbocycles. The van der Waals surface area contributed by atoms with E-state index in [1.807, 2.05) is 12.1 Å². The lowest BCUT2D eigenvalue weighted by atomic mass is 10.1. The van der Waals surface area contributed by atoms with Crippen LogP contribution in [0.3, 0.4) is 0 Å². The summed E-state index contributed by atoms with van der Waals surface area (Å²) in [6.45, 7) is 4.76. The number of nitrogens with one attached hydrogen (secondary N) is 2. The Morgan fingerprint density at radius 2 is 1.96 bits per heavy atom. The van der Waals surface area contributed by atoms with Crippen molar-refractivity contribution in [1.82, 2.24) is 10.2 Å². The molecule has 0 spiro atoms. The van der Waals surface area contributed by atoms with Gasteiger partial charge in [-0.05, 0) is 56.0 Å². The molecule has 120 valence electrons. The number of rotatable bonds is 4. The first-order chi connectivity index (χ1) is 11.1. The quantitative estimate of drug-likeness (QED) is 0.907. The first-order valence-electron chi connectivity index (χ1n) is 7.73. The van der Waals surface area contributed by atoms with Gasteiger partial charge < -0.3 is 15.4 Å². The van der Waals surface area contributed by atoms with Gasteiger partial charge in [-0.3, -0.25) is 4.79 Å². The molecule has 6 heteroatoms. The monoisotopic (exact) mass is 312 g/mol. The minimum atomic E-state index is -0.371. The third-order valence-electron chi connectivity index (χ3n) is 4.01. The molecule has 2 N–H and O–H groups in total. The van der Waals surface area contributed by atoms with Crippen molar-refractivity contribution < 1.29 is 9.53 Å². The van der Waals surface area contributed by atoms with E-state index in [0.29, 0.717) is 18.2 Å². The smallest absolute Gasteiger partial charge is 0.254 e. The molecule has 23 heavy (non-hydrogen) atoms. The molecule has 0 aliphatic carbocycles. The number of carbonyl (C=O) groups excluding carboxylic acids is 1. The van der Waals surface area contributed by atoms with E-state index in [9.17, 15) is 4.79 Å². The molecular formula is C17H20N4O2. The molecule has 1 aliphatic heterocycles. The highest BCUT2D eigenvalue weighted by Crippen LogP contribution is 2.22. The molecule has 2 heterocycles. The summed E-state index contributed by atoms with van der Waals surface area (Å²) >= 11 is 0. The summed E-state index contributed by atoms with van der Waals surface area (Å²) < 4.78 is 5.34. The predicted octanol–water partition coefficient (Wildman–Crippen LogP) is 2.95. The van der Waals surface area contributed by atoms with Crippen LogP contribution in [0.25, 0.3) is 0 Å². The summed E-state index contributed by atoms with van der Waals surface area (Å²) in [6, 6.07) is 9.58. The van der Waals surface area contributed by atoms with Gasteiger partial charge in [-0.25, -0.2) is 0 Å². The fourth-order valence-corrected chi connectivity index (χ4v) is 2.48. The second kappa shape index (κ2) is 6.75. The Labute approximate surface area is 135 Å². The van der Waals surface area contributed by atoms with Crippen molar-refractivity contribution in [3.8, 4) is 0 Å². The molecule has 1 aliphatic rings. The number of nitrogens with zero attached hydrogens (tertiary/aromatic N) is 2. The number of ether oxygens (including phenoxy) is 1. The molecule has 1 aromatic carbocycles.